The molecule has 1 unspecified atom stereocenters. The number of methoxy groups -OCH3 is 1. The Kier molecular flexibility index (Phi) is 9.81. The van der Waals surface area contributed by atoms with Gasteiger partial charge in [0.2, 0.25) is 0 Å². The normalized spacial score (nSPS) is 14.1. The van der Waals surface area contributed by atoms with Gasteiger partial charge in [0.1, 0.15) is 5.52 Å². The van der Waals surface area contributed by atoms with Gasteiger partial charge in [-0.15, -0.1) is 6.42 Å². The number of nitrogen functional groups attached to an aromatic ring is 1. The number of fused-ring (bicyclic) bond motifs is 1. The second kappa shape index (κ2) is 12.3. The minimum atomic E-state index is -1.59. The molecule has 3 N–H and O–H groups in total. The molecule has 176 valence electrons. The third-order valence-corrected chi connectivity index (χ3v) is 5.45. The molecule has 2 aromatic heterocycles. The SMILES string of the molecule is C#CC(CO)(OC)[C@H](Cn1cnc2c(N)nc(F)nc21)OC(=O)CCCCCCCCC. The number of hydrogen-bond donors (Lipinski definition) is 2. The third-order valence-electron chi connectivity index (χ3n) is 5.45. The molecule has 0 aromatic carbocycles. The van der Waals surface area contributed by atoms with E-state index in [1.54, 1.807) is 0 Å². The van der Waals surface area contributed by atoms with Crippen LogP contribution in [0.5, 0.6) is 0 Å². The lowest BCUT2D eigenvalue weighted by Gasteiger charge is -2.33. The lowest BCUT2D eigenvalue weighted by molar-refractivity contribution is -0.168. The van der Waals surface area contributed by atoms with E-state index >= 15 is 0 Å². The number of aliphatic hydroxyl groups excluding tert-OH is 1. The number of ether oxygens (including phenoxy) is 2. The Bertz CT molecular complexity index is 923. The predicted octanol–water partition coefficient (Wildman–Crippen LogP) is 2.61. The number of nitrogens with two attached hydrogens (primary N) is 1. The summed E-state index contributed by atoms with van der Waals surface area (Å²) in [6.07, 6.45) is 12.5. The average Bonchev–Trinajstić information content (AvgIpc) is 3.17. The summed E-state index contributed by atoms with van der Waals surface area (Å²) in [5.74, 6) is 1.81. The Morgan fingerprint density at radius 2 is 2.00 bits per heavy atom. The smallest absolute Gasteiger partial charge is 0.312 e. The average molecular weight is 450 g/mol. The highest BCUT2D eigenvalue weighted by Gasteiger charge is 2.40. The zero-order valence-electron chi connectivity index (χ0n) is 18.7. The number of carbonyl (C=O) groups excluding carboxylic acids is 1. The zero-order chi connectivity index (χ0) is 23.6. The molecule has 0 bridgehead atoms. The highest BCUT2D eigenvalue weighted by molar-refractivity contribution is 5.81. The standard InChI is InChI=1S/C22H32FN5O4/c1-4-6-7-8-9-10-11-12-17(30)32-16(22(5-2,14-29)31-3)13-28-15-25-18-19(24)26-21(23)27-20(18)28/h2,15-16,29H,4,6-14H2,1,3H3,(H2,24,26,27)/t16-,22?/m0/s1. The van der Waals surface area contributed by atoms with Gasteiger partial charge in [0.05, 0.1) is 19.5 Å². The van der Waals surface area contributed by atoms with Crippen molar-refractivity contribution in [2.45, 2.75) is 76.5 Å². The molecule has 2 rings (SSSR count). The minimum Gasteiger partial charge on any atom is -0.456 e. The zero-order valence-corrected chi connectivity index (χ0v) is 18.7. The van der Waals surface area contributed by atoms with Crippen molar-refractivity contribution in [1.29, 1.82) is 0 Å². The summed E-state index contributed by atoms with van der Waals surface area (Å²) in [6.45, 7) is 1.50. The van der Waals surface area contributed by atoms with Crippen LogP contribution in [-0.4, -0.2) is 56.0 Å². The largest absolute Gasteiger partial charge is 0.456 e. The van der Waals surface area contributed by atoms with E-state index in [0.29, 0.717) is 6.42 Å². The van der Waals surface area contributed by atoms with E-state index in [1.807, 2.05) is 0 Å². The molecular weight excluding hydrogens is 417 g/mol. The number of unbranched alkanes of at least 4 members (excludes halogenated alkanes) is 6. The Labute approximate surface area is 187 Å². The number of anilines is 1. The second-order valence-corrected chi connectivity index (χ2v) is 7.69. The molecule has 0 saturated carbocycles. The van der Waals surface area contributed by atoms with Gasteiger partial charge in [-0.3, -0.25) is 4.79 Å². The number of imidazole rings is 1. The number of nitrogens with zero attached hydrogens (tertiary/aromatic N) is 4. The Balaban J connectivity index is 2.11. The third kappa shape index (κ3) is 6.37. The van der Waals surface area contributed by atoms with Crippen molar-refractivity contribution >= 4 is 23.0 Å². The van der Waals surface area contributed by atoms with Crippen molar-refractivity contribution in [3.05, 3.63) is 12.4 Å². The first-order chi connectivity index (χ1) is 15.4. The van der Waals surface area contributed by atoms with E-state index in [9.17, 15) is 14.3 Å². The van der Waals surface area contributed by atoms with Crippen molar-refractivity contribution < 1.29 is 23.8 Å². The minimum absolute atomic E-state index is 0.0756. The van der Waals surface area contributed by atoms with Gasteiger partial charge in [0.25, 0.3) is 0 Å². The van der Waals surface area contributed by atoms with E-state index in [-0.39, 0.29) is 29.9 Å². The van der Waals surface area contributed by atoms with Gasteiger partial charge in [-0.1, -0.05) is 51.4 Å². The molecule has 0 spiro atoms. The summed E-state index contributed by atoms with van der Waals surface area (Å²) in [5.41, 5.74) is 4.42. The molecule has 0 saturated heterocycles. The first-order valence-corrected chi connectivity index (χ1v) is 10.9. The lowest BCUT2D eigenvalue weighted by Crippen LogP contribution is -2.50. The molecule has 2 aromatic rings. The van der Waals surface area contributed by atoms with Crippen LogP contribution in [0.25, 0.3) is 11.2 Å². The van der Waals surface area contributed by atoms with E-state index in [4.69, 9.17) is 21.6 Å². The topological polar surface area (TPSA) is 125 Å². The van der Waals surface area contributed by atoms with Crippen LogP contribution in [0.3, 0.4) is 0 Å². The van der Waals surface area contributed by atoms with Crippen LogP contribution >= 0.6 is 0 Å². The predicted molar refractivity (Wildman–Crippen MR) is 118 cm³/mol. The molecule has 32 heavy (non-hydrogen) atoms. The van der Waals surface area contributed by atoms with Crippen LogP contribution in [0.1, 0.15) is 58.3 Å². The van der Waals surface area contributed by atoms with Crippen LogP contribution in [0.4, 0.5) is 10.2 Å². The van der Waals surface area contributed by atoms with E-state index in [2.05, 4.69) is 27.8 Å². The fraction of sp³-hybridized carbons (Fsp3) is 0.636. The first-order valence-electron chi connectivity index (χ1n) is 10.9. The van der Waals surface area contributed by atoms with Crippen LogP contribution in [0.15, 0.2) is 6.33 Å². The van der Waals surface area contributed by atoms with Crippen LogP contribution < -0.4 is 5.73 Å². The van der Waals surface area contributed by atoms with Gasteiger partial charge in [-0.05, 0) is 6.42 Å². The maximum atomic E-state index is 13.7. The maximum Gasteiger partial charge on any atom is 0.312 e. The molecule has 0 fully saturated rings. The van der Waals surface area contributed by atoms with Crippen molar-refractivity contribution in [3.8, 4) is 12.3 Å². The molecule has 0 aliphatic carbocycles. The molecule has 0 radical (unpaired) electrons. The second-order valence-electron chi connectivity index (χ2n) is 7.69. The highest BCUT2D eigenvalue weighted by atomic mass is 19.1. The Morgan fingerprint density at radius 1 is 1.31 bits per heavy atom. The van der Waals surface area contributed by atoms with E-state index in [0.717, 1.165) is 19.3 Å². The molecule has 0 aliphatic rings. The van der Waals surface area contributed by atoms with Crippen molar-refractivity contribution in [2.75, 3.05) is 19.5 Å². The maximum absolute atomic E-state index is 13.7. The van der Waals surface area contributed by atoms with Gasteiger partial charge in [0.15, 0.2) is 23.2 Å². The Hall–Kier alpha value is -2.77. The summed E-state index contributed by atoms with van der Waals surface area (Å²) in [6, 6.07) is 0. The fourth-order valence-corrected chi connectivity index (χ4v) is 3.47. The summed E-state index contributed by atoms with van der Waals surface area (Å²) in [4.78, 5) is 23.8. The first kappa shape index (κ1) is 25.5. The number of halogens is 1. The molecule has 0 amide bonds. The fourth-order valence-electron chi connectivity index (χ4n) is 3.47. The van der Waals surface area contributed by atoms with Crippen molar-refractivity contribution in [2.24, 2.45) is 0 Å². The summed E-state index contributed by atoms with van der Waals surface area (Å²) >= 11 is 0. The van der Waals surface area contributed by atoms with Gasteiger partial charge in [-0.2, -0.15) is 14.4 Å². The van der Waals surface area contributed by atoms with Crippen LogP contribution in [0.2, 0.25) is 0 Å². The summed E-state index contributed by atoms with van der Waals surface area (Å²) in [7, 11) is 1.32. The van der Waals surface area contributed by atoms with Crippen molar-refractivity contribution in [3.63, 3.8) is 0 Å². The van der Waals surface area contributed by atoms with Crippen LogP contribution in [0, 0.1) is 18.4 Å². The van der Waals surface area contributed by atoms with Gasteiger partial charge in [0, 0.05) is 13.5 Å². The van der Waals surface area contributed by atoms with Gasteiger partial charge in [-0.25, -0.2) is 4.98 Å². The van der Waals surface area contributed by atoms with Crippen LogP contribution in [-0.2, 0) is 20.8 Å². The quantitative estimate of drug-likeness (QED) is 0.195. The van der Waals surface area contributed by atoms with E-state index < -0.39 is 30.4 Å². The molecule has 2 atom stereocenters. The number of aromatic nitrogens is 4. The van der Waals surface area contributed by atoms with Gasteiger partial charge >= 0.3 is 12.0 Å². The number of esters is 1. The summed E-state index contributed by atoms with van der Waals surface area (Å²) in [5, 5.41) is 9.92. The number of terminal acetylenes is 1. The molecule has 9 nitrogen and oxygen atoms in total. The Morgan fingerprint density at radius 3 is 2.62 bits per heavy atom. The summed E-state index contributed by atoms with van der Waals surface area (Å²) < 4.78 is 26.1. The van der Waals surface area contributed by atoms with Gasteiger partial charge < -0.3 is 24.9 Å². The molecule has 10 heteroatoms. The number of rotatable bonds is 14. The monoisotopic (exact) mass is 449 g/mol. The number of carbonyl (C=O) groups is 1. The van der Waals surface area contributed by atoms with Crippen molar-refractivity contribution in [1.82, 2.24) is 19.5 Å². The highest BCUT2D eigenvalue weighted by Crippen LogP contribution is 2.23. The number of aliphatic hydroxyl groups is 1. The molecular formula is C22H32FN5O4. The molecule has 2 heterocycles. The lowest BCUT2D eigenvalue weighted by atomic mass is 9.97. The number of hydrogen-bond acceptors (Lipinski definition) is 8. The van der Waals surface area contributed by atoms with E-state index in [1.165, 1.54) is 37.3 Å². The molecule has 0 aliphatic heterocycles.